The zero-order valence-electron chi connectivity index (χ0n) is 12.0. The number of amides is 1. The van der Waals surface area contributed by atoms with Crippen molar-refractivity contribution in [1.82, 2.24) is 15.5 Å². The summed E-state index contributed by atoms with van der Waals surface area (Å²) in [5.74, 6) is 0.0955. The van der Waals surface area contributed by atoms with Gasteiger partial charge in [-0.3, -0.25) is 4.79 Å². The molecule has 1 unspecified atom stereocenters. The second kappa shape index (κ2) is 9.42. The Labute approximate surface area is 106 Å². The van der Waals surface area contributed by atoms with Gasteiger partial charge >= 0.3 is 0 Å². The topological polar surface area (TPSA) is 44.4 Å². The van der Waals surface area contributed by atoms with Crippen molar-refractivity contribution in [2.24, 2.45) is 0 Å². The molecule has 0 aliphatic rings. The number of likely N-dealkylation sites (N-methyl/N-ethyl adjacent to an activating group) is 1. The summed E-state index contributed by atoms with van der Waals surface area (Å²) in [6.45, 7) is 10.7. The molecule has 4 nitrogen and oxygen atoms in total. The van der Waals surface area contributed by atoms with Crippen LogP contribution in [0.2, 0.25) is 0 Å². The van der Waals surface area contributed by atoms with Crippen LogP contribution >= 0.6 is 0 Å². The Morgan fingerprint density at radius 3 is 2.47 bits per heavy atom. The van der Waals surface area contributed by atoms with Crippen molar-refractivity contribution >= 4 is 5.91 Å². The van der Waals surface area contributed by atoms with Gasteiger partial charge in [-0.1, -0.05) is 13.3 Å². The van der Waals surface area contributed by atoms with Gasteiger partial charge in [0, 0.05) is 25.2 Å². The van der Waals surface area contributed by atoms with Crippen LogP contribution in [-0.4, -0.2) is 49.6 Å². The summed E-state index contributed by atoms with van der Waals surface area (Å²) in [6.07, 6.45) is 2.15. The lowest BCUT2D eigenvalue weighted by molar-refractivity contribution is -0.120. The molecule has 0 saturated carbocycles. The van der Waals surface area contributed by atoms with Crippen LogP contribution in [0.5, 0.6) is 0 Å². The second-order valence-corrected chi connectivity index (χ2v) is 5.01. The molecule has 0 aliphatic carbocycles. The van der Waals surface area contributed by atoms with Crippen molar-refractivity contribution in [1.29, 1.82) is 0 Å². The molecule has 0 fully saturated rings. The highest BCUT2D eigenvalue weighted by molar-refractivity contribution is 5.78. The number of nitrogens with zero attached hydrogens (tertiary/aromatic N) is 1. The van der Waals surface area contributed by atoms with Crippen LogP contribution in [-0.2, 0) is 4.79 Å². The molecule has 0 aromatic heterocycles. The average molecular weight is 243 g/mol. The molecule has 4 heteroatoms. The Hall–Kier alpha value is -0.610. The minimum Gasteiger partial charge on any atom is -0.353 e. The Kier molecular flexibility index (Phi) is 9.09. The van der Waals surface area contributed by atoms with E-state index in [0.717, 1.165) is 25.9 Å². The Morgan fingerprint density at radius 2 is 1.94 bits per heavy atom. The van der Waals surface area contributed by atoms with Gasteiger partial charge in [0.1, 0.15) is 0 Å². The monoisotopic (exact) mass is 243 g/mol. The number of hydrogen-bond acceptors (Lipinski definition) is 3. The SMILES string of the molecule is CCCC(C)NC(=O)CNCCN(C)C(C)C. The first-order valence-corrected chi connectivity index (χ1v) is 6.67. The highest BCUT2D eigenvalue weighted by Crippen LogP contribution is 1.94. The van der Waals surface area contributed by atoms with Crippen molar-refractivity contribution in [2.45, 2.75) is 52.6 Å². The van der Waals surface area contributed by atoms with E-state index in [9.17, 15) is 4.79 Å². The third kappa shape index (κ3) is 9.12. The van der Waals surface area contributed by atoms with Crippen LogP contribution in [0.4, 0.5) is 0 Å². The molecule has 102 valence electrons. The summed E-state index contributed by atoms with van der Waals surface area (Å²) in [6, 6.07) is 0.836. The summed E-state index contributed by atoms with van der Waals surface area (Å²) in [5, 5.41) is 6.14. The smallest absolute Gasteiger partial charge is 0.234 e. The molecule has 0 spiro atoms. The van der Waals surface area contributed by atoms with Gasteiger partial charge in [-0.05, 0) is 34.2 Å². The normalized spacial score (nSPS) is 13.1. The van der Waals surface area contributed by atoms with Crippen LogP contribution in [0.25, 0.3) is 0 Å². The van der Waals surface area contributed by atoms with Crippen molar-refractivity contribution in [3.05, 3.63) is 0 Å². The predicted molar refractivity (Wildman–Crippen MR) is 73.1 cm³/mol. The maximum atomic E-state index is 11.5. The average Bonchev–Trinajstić information content (AvgIpc) is 2.24. The van der Waals surface area contributed by atoms with Crippen LogP contribution in [0.3, 0.4) is 0 Å². The van der Waals surface area contributed by atoms with Crippen LogP contribution < -0.4 is 10.6 Å². The Bertz CT molecular complexity index is 207. The molecule has 17 heavy (non-hydrogen) atoms. The fourth-order valence-corrected chi connectivity index (χ4v) is 1.55. The molecular formula is C13H29N3O. The molecule has 0 aliphatic heterocycles. The molecule has 0 saturated heterocycles. The van der Waals surface area contributed by atoms with Crippen LogP contribution in [0.15, 0.2) is 0 Å². The zero-order chi connectivity index (χ0) is 13.3. The van der Waals surface area contributed by atoms with E-state index in [4.69, 9.17) is 0 Å². The fraction of sp³-hybridized carbons (Fsp3) is 0.923. The van der Waals surface area contributed by atoms with Gasteiger partial charge in [0.15, 0.2) is 0 Å². The number of carbonyl (C=O) groups is 1. The standard InChI is InChI=1S/C13H29N3O/c1-6-7-12(4)15-13(17)10-14-8-9-16(5)11(2)3/h11-12,14H,6-10H2,1-5H3,(H,15,17). The second-order valence-electron chi connectivity index (χ2n) is 5.01. The number of rotatable bonds is 9. The van der Waals surface area contributed by atoms with Gasteiger partial charge in [-0.2, -0.15) is 0 Å². The van der Waals surface area contributed by atoms with E-state index in [1.165, 1.54) is 0 Å². The molecule has 0 bridgehead atoms. The van der Waals surface area contributed by atoms with Gasteiger partial charge in [0.05, 0.1) is 6.54 Å². The molecule has 0 radical (unpaired) electrons. The van der Waals surface area contributed by atoms with E-state index in [2.05, 4.69) is 43.4 Å². The van der Waals surface area contributed by atoms with Crippen molar-refractivity contribution in [3.8, 4) is 0 Å². The highest BCUT2D eigenvalue weighted by atomic mass is 16.1. The first-order valence-electron chi connectivity index (χ1n) is 6.67. The lowest BCUT2D eigenvalue weighted by Gasteiger charge is -2.21. The number of hydrogen-bond donors (Lipinski definition) is 2. The quantitative estimate of drug-likeness (QED) is 0.599. The van der Waals surface area contributed by atoms with E-state index in [-0.39, 0.29) is 11.9 Å². The maximum Gasteiger partial charge on any atom is 0.234 e. The maximum absolute atomic E-state index is 11.5. The van der Waals surface area contributed by atoms with E-state index in [0.29, 0.717) is 12.6 Å². The van der Waals surface area contributed by atoms with E-state index in [1.807, 2.05) is 6.92 Å². The summed E-state index contributed by atoms with van der Waals surface area (Å²) >= 11 is 0. The van der Waals surface area contributed by atoms with E-state index in [1.54, 1.807) is 0 Å². The minimum absolute atomic E-state index is 0.0955. The molecule has 0 aromatic rings. The summed E-state index contributed by atoms with van der Waals surface area (Å²) in [7, 11) is 2.09. The zero-order valence-corrected chi connectivity index (χ0v) is 12.0. The predicted octanol–water partition coefficient (Wildman–Crippen LogP) is 1.22. The Balaban J connectivity index is 3.51. The van der Waals surface area contributed by atoms with Gasteiger partial charge in [0.25, 0.3) is 0 Å². The first kappa shape index (κ1) is 16.4. The van der Waals surface area contributed by atoms with Crippen LogP contribution in [0, 0.1) is 0 Å². The molecule has 0 heterocycles. The molecule has 1 amide bonds. The van der Waals surface area contributed by atoms with Gasteiger partial charge < -0.3 is 15.5 Å². The summed E-state index contributed by atoms with van der Waals surface area (Å²) in [5.41, 5.74) is 0. The number of carbonyl (C=O) groups excluding carboxylic acids is 1. The lowest BCUT2D eigenvalue weighted by Crippen LogP contribution is -2.41. The minimum atomic E-state index is 0.0955. The van der Waals surface area contributed by atoms with Crippen LogP contribution in [0.1, 0.15) is 40.5 Å². The van der Waals surface area contributed by atoms with Gasteiger partial charge in [0.2, 0.25) is 5.91 Å². The molecular weight excluding hydrogens is 214 g/mol. The third-order valence-electron chi connectivity index (χ3n) is 2.94. The van der Waals surface area contributed by atoms with Crippen molar-refractivity contribution in [3.63, 3.8) is 0 Å². The highest BCUT2D eigenvalue weighted by Gasteiger charge is 2.06. The first-order chi connectivity index (χ1) is 7.97. The number of nitrogens with one attached hydrogen (secondary N) is 2. The van der Waals surface area contributed by atoms with E-state index >= 15 is 0 Å². The van der Waals surface area contributed by atoms with Gasteiger partial charge in [-0.15, -0.1) is 0 Å². The summed E-state index contributed by atoms with van der Waals surface area (Å²) < 4.78 is 0. The molecule has 1 atom stereocenters. The fourth-order valence-electron chi connectivity index (χ4n) is 1.55. The Morgan fingerprint density at radius 1 is 1.29 bits per heavy atom. The summed E-state index contributed by atoms with van der Waals surface area (Å²) in [4.78, 5) is 13.8. The van der Waals surface area contributed by atoms with Gasteiger partial charge in [-0.25, -0.2) is 0 Å². The van der Waals surface area contributed by atoms with Crippen molar-refractivity contribution < 1.29 is 4.79 Å². The molecule has 0 rings (SSSR count). The third-order valence-corrected chi connectivity index (χ3v) is 2.94. The van der Waals surface area contributed by atoms with Crippen molar-refractivity contribution in [2.75, 3.05) is 26.7 Å². The molecule has 0 aromatic carbocycles. The van der Waals surface area contributed by atoms with E-state index < -0.39 is 0 Å². The largest absolute Gasteiger partial charge is 0.353 e. The molecule has 2 N–H and O–H groups in total. The lowest BCUT2D eigenvalue weighted by atomic mass is 10.2.